The van der Waals surface area contributed by atoms with Crippen LogP contribution in [0.4, 0.5) is 5.69 Å². The van der Waals surface area contributed by atoms with Gasteiger partial charge in [-0.05, 0) is 0 Å². The number of nitrogens with zero attached hydrogens (tertiary/aromatic N) is 1. The van der Waals surface area contributed by atoms with Gasteiger partial charge in [-0.25, -0.2) is 0 Å². The first-order valence-corrected chi connectivity index (χ1v) is 5.87. The van der Waals surface area contributed by atoms with E-state index >= 15 is 0 Å². The molecule has 0 amide bonds. The van der Waals surface area contributed by atoms with Gasteiger partial charge in [0.1, 0.15) is 0 Å². The van der Waals surface area contributed by atoms with Crippen molar-refractivity contribution in [1.29, 1.82) is 0 Å². The second-order valence-electron chi connectivity index (χ2n) is 3.04. The van der Waals surface area contributed by atoms with Crippen LogP contribution in [0.5, 0.6) is 0 Å². The Morgan fingerprint density at radius 3 is 2.50 bits per heavy atom. The summed E-state index contributed by atoms with van der Waals surface area (Å²) >= 11 is 0.926. The van der Waals surface area contributed by atoms with Gasteiger partial charge in [0.05, 0.1) is 0 Å². The molecule has 1 atom stereocenters. The van der Waals surface area contributed by atoms with Crippen molar-refractivity contribution >= 4 is 39.4 Å². The van der Waals surface area contributed by atoms with E-state index in [1.807, 2.05) is 0 Å². The SMILES string of the molecule is [C-]#[N+]c1ccc(C(=O)C(N)[CH2][Na])cc1. The van der Waals surface area contributed by atoms with Crippen LogP contribution in [0.2, 0.25) is 3.67 Å². The van der Waals surface area contributed by atoms with E-state index in [4.69, 9.17) is 12.3 Å². The van der Waals surface area contributed by atoms with Gasteiger partial charge in [0.15, 0.2) is 0 Å². The van der Waals surface area contributed by atoms with Crippen LogP contribution in [0.1, 0.15) is 10.4 Å². The van der Waals surface area contributed by atoms with Crippen LogP contribution in [0.15, 0.2) is 24.3 Å². The molecule has 2 N–H and O–H groups in total. The number of carbonyl (C=O) groups excluding carboxylic acids is 1. The monoisotopic (exact) mass is 196 g/mol. The number of Topliss-reactive ketones (excluding diaryl/α,β-unsaturated/α-hetero) is 1. The molecule has 0 aliphatic carbocycles. The summed E-state index contributed by atoms with van der Waals surface area (Å²) < 4.78 is 0.767. The van der Waals surface area contributed by atoms with Crippen molar-refractivity contribution < 1.29 is 4.79 Å². The van der Waals surface area contributed by atoms with Gasteiger partial charge in [-0.3, -0.25) is 0 Å². The van der Waals surface area contributed by atoms with Gasteiger partial charge in [-0.2, -0.15) is 0 Å². The van der Waals surface area contributed by atoms with Gasteiger partial charge in [-0.15, -0.1) is 0 Å². The summed E-state index contributed by atoms with van der Waals surface area (Å²) in [7, 11) is 0. The Hall–Kier alpha value is -0.660. The quantitative estimate of drug-likeness (QED) is 0.450. The molecule has 66 valence electrons. The van der Waals surface area contributed by atoms with E-state index in [1.54, 1.807) is 24.3 Å². The average Bonchev–Trinajstić information content (AvgIpc) is 2.27. The van der Waals surface area contributed by atoms with Crippen molar-refractivity contribution in [3.05, 3.63) is 41.2 Å². The minimum atomic E-state index is -0.375. The van der Waals surface area contributed by atoms with Crippen LogP contribution in [0, 0.1) is 6.57 Å². The Labute approximate surface area is 101 Å². The predicted octanol–water partition coefficient (Wildman–Crippen LogP) is 1.33. The van der Waals surface area contributed by atoms with E-state index in [-0.39, 0.29) is 11.8 Å². The van der Waals surface area contributed by atoms with Gasteiger partial charge < -0.3 is 0 Å². The molecule has 0 saturated heterocycles. The number of nitrogens with two attached hydrogens (primary N) is 1. The molecule has 1 aromatic rings. The van der Waals surface area contributed by atoms with Gasteiger partial charge in [0, 0.05) is 0 Å². The van der Waals surface area contributed by atoms with Crippen molar-refractivity contribution in [1.82, 2.24) is 0 Å². The zero-order valence-corrected chi connectivity index (χ0v) is 10.0. The molecule has 1 unspecified atom stereocenters. The fourth-order valence-electron chi connectivity index (χ4n) is 1.10. The van der Waals surface area contributed by atoms with E-state index < -0.39 is 0 Å². The van der Waals surface area contributed by atoms with E-state index in [2.05, 4.69) is 4.85 Å². The van der Waals surface area contributed by atoms with Crippen LogP contribution < -0.4 is 5.73 Å². The minimum absolute atomic E-state index is 0.0310. The predicted molar refractivity (Wildman–Crippen MR) is 55.6 cm³/mol. The van der Waals surface area contributed by atoms with Crippen LogP contribution in [-0.4, -0.2) is 39.8 Å². The third-order valence-electron chi connectivity index (χ3n) is 2.06. The number of rotatable bonds is 3. The van der Waals surface area contributed by atoms with Crippen LogP contribution in [0.25, 0.3) is 4.85 Å². The van der Waals surface area contributed by atoms with E-state index in [1.165, 1.54) is 0 Å². The fraction of sp³-hybridized carbons (Fsp3) is 0.200. The first-order valence-electron chi connectivity index (χ1n) is 4.46. The molecular formula is C10H9N2NaO. The number of hydrogen-bond acceptors (Lipinski definition) is 2. The standard InChI is InChI=1S/C10H9N2O.Na/c1-7(11)10(13)8-3-5-9(12-2)6-4-8;/h3-7H,1,11H2;. The van der Waals surface area contributed by atoms with Crippen LogP contribution >= 0.6 is 0 Å². The molecule has 0 spiro atoms. The first-order chi connectivity index (χ1) is 6.69. The average molecular weight is 196 g/mol. The number of ketones is 1. The summed E-state index contributed by atoms with van der Waals surface area (Å²) in [6.07, 6.45) is 0. The molecule has 4 heteroatoms. The van der Waals surface area contributed by atoms with Crippen LogP contribution in [-0.2, 0) is 0 Å². The summed E-state index contributed by atoms with van der Waals surface area (Å²) in [4.78, 5) is 14.8. The van der Waals surface area contributed by atoms with E-state index in [9.17, 15) is 4.79 Å². The zero-order chi connectivity index (χ0) is 10.6. The molecule has 0 bridgehead atoms. The third-order valence-corrected chi connectivity index (χ3v) is 2.94. The number of hydrogen-bond donors (Lipinski definition) is 1. The molecule has 1 aromatic carbocycles. The molecule has 0 aliphatic heterocycles. The van der Waals surface area contributed by atoms with Crippen LogP contribution in [0.3, 0.4) is 0 Å². The van der Waals surface area contributed by atoms with E-state index in [0.717, 1.165) is 31.6 Å². The zero-order valence-electron chi connectivity index (χ0n) is 8.03. The molecular weight excluding hydrogens is 187 g/mol. The molecule has 0 aliphatic rings. The molecule has 0 radical (unpaired) electrons. The molecule has 1 rings (SSSR count). The van der Waals surface area contributed by atoms with E-state index in [0.29, 0.717) is 11.3 Å². The number of benzene rings is 1. The Kier molecular flexibility index (Phi) is 4.30. The normalized spacial score (nSPS) is 11.9. The summed E-state index contributed by atoms with van der Waals surface area (Å²) in [5.41, 5.74) is 6.78. The maximum absolute atomic E-state index is 11.6. The van der Waals surface area contributed by atoms with Gasteiger partial charge in [0.25, 0.3) is 0 Å². The van der Waals surface area contributed by atoms with Crippen molar-refractivity contribution in [2.24, 2.45) is 5.73 Å². The third kappa shape index (κ3) is 2.66. The first kappa shape index (κ1) is 11.4. The molecule has 14 heavy (non-hydrogen) atoms. The number of carbonyl (C=O) groups is 1. The second-order valence-corrected chi connectivity index (χ2v) is 3.85. The molecule has 0 heterocycles. The maximum atomic E-state index is 11.6. The molecule has 0 fully saturated rings. The topological polar surface area (TPSA) is 47.5 Å². The summed E-state index contributed by atoms with van der Waals surface area (Å²) in [5.74, 6) is -0.0310. The molecule has 0 saturated carbocycles. The summed E-state index contributed by atoms with van der Waals surface area (Å²) in [6.45, 7) is 6.76. The Morgan fingerprint density at radius 2 is 2.07 bits per heavy atom. The van der Waals surface area contributed by atoms with Gasteiger partial charge in [-0.1, -0.05) is 0 Å². The second kappa shape index (κ2) is 5.28. The van der Waals surface area contributed by atoms with Crippen molar-refractivity contribution in [3.8, 4) is 0 Å². The van der Waals surface area contributed by atoms with Crippen molar-refractivity contribution in [2.75, 3.05) is 0 Å². The van der Waals surface area contributed by atoms with Crippen molar-refractivity contribution in [3.63, 3.8) is 0 Å². The summed E-state index contributed by atoms with van der Waals surface area (Å²) in [5, 5.41) is 0. The van der Waals surface area contributed by atoms with Gasteiger partial charge in [0.2, 0.25) is 0 Å². The molecule has 3 nitrogen and oxygen atoms in total. The fourth-order valence-corrected chi connectivity index (χ4v) is 1.47. The molecule has 0 aromatic heterocycles. The Balaban J connectivity index is 2.88. The van der Waals surface area contributed by atoms with Gasteiger partial charge >= 0.3 is 101 Å². The summed E-state index contributed by atoms with van der Waals surface area (Å²) in [6, 6.07) is 6.22. The Bertz CT molecular complexity index is 367. The Morgan fingerprint density at radius 1 is 1.50 bits per heavy atom. The van der Waals surface area contributed by atoms with Crippen molar-refractivity contribution in [2.45, 2.75) is 9.71 Å².